The van der Waals surface area contributed by atoms with Crippen LogP contribution in [0.4, 0.5) is 0 Å². The van der Waals surface area contributed by atoms with Crippen LogP contribution in [0.5, 0.6) is 0 Å². The van der Waals surface area contributed by atoms with E-state index in [9.17, 15) is 4.79 Å². The molecule has 0 aromatic heterocycles. The molecule has 4 nitrogen and oxygen atoms in total. The van der Waals surface area contributed by atoms with E-state index in [0.717, 1.165) is 12.8 Å². The molecule has 0 aliphatic carbocycles. The first-order valence-corrected chi connectivity index (χ1v) is 6.02. The van der Waals surface area contributed by atoms with Crippen molar-refractivity contribution in [3.8, 4) is 0 Å². The summed E-state index contributed by atoms with van der Waals surface area (Å²) in [6, 6.07) is 0.163. The van der Waals surface area contributed by atoms with Gasteiger partial charge < -0.3 is 10.5 Å². The number of carbonyl (C=O) groups is 1. The number of rotatable bonds is 8. The van der Waals surface area contributed by atoms with Gasteiger partial charge in [-0.05, 0) is 20.4 Å². The molecule has 0 fully saturated rings. The molecule has 0 bridgehead atoms. The molecule has 0 saturated heterocycles. The molecule has 0 aromatic rings. The van der Waals surface area contributed by atoms with Gasteiger partial charge in [-0.3, -0.25) is 9.69 Å². The minimum atomic E-state index is -0.189. The zero-order valence-electron chi connectivity index (χ0n) is 10.4. The van der Waals surface area contributed by atoms with Crippen LogP contribution >= 0.6 is 12.2 Å². The number of esters is 1. The second kappa shape index (κ2) is 8.47. The van der Waals surface area contributed by atoms with Gasteiger partial charge in [0.05, 0.1) is 18.1 Å². The number of likely N-dealkylation sites (N-methyl/N-ethyl adjacent to an activating group) is 1. The first-order valence-electron chi connectivity index (χ1n) is 5.61. The summed E-state index contributed by atoms with van der Waals surface area (Å²) in [5, 5.41) is 0. The highest BCUT2D eigenvalue weighted by Crippen LogP contribution is 2.01. The molecule has 0 radical (unpaired) electrons. The van der Waals surface area contributed by atoms with Crippen molar-refractivity contribution in [1.82, 2.24) is 4.90 Å². The lowest BCUT2D eigenvalue weighted by Gasteiger charge is -2.23. The molecule has 0 amide bonds. The molecule has 1 atom stereocenters. The molecule has 0 aliphatic heterocycles. The van der Waals surface area contributed by atoms with Gasteiger partial charge in [-0.25, -0.2) is 0 Å². The number of nitrogens with zero attached hydrogens (tertiary/aromatic N) is 1. The number of ether oxygens (including phenoxy) is 1. The van der Waals surface area contributed by atoms with Gasteiger partial charge in [-0.1, -0.05) is 25.6 Å². The van der Waals surface area contributed by atoms with E-state index in [1.54, 1.807) is 0 Å². The fourth-order valence-corrected chi connectivity index (χ4v) is 1.42. The Labute approximate surface area is 103 Å². The number of hydrogen-bond donors (Lipinski definition) is 1. The number of carbonyl (C=O) groups excluding carboxylic acids is 1. The lowest BCUT2D eigenvalue weighted by Crippen LogP contribution is -2.37. The predicted molar refractivity (Wildman–Crippen MR) is 69.4 cm³/mol. The third kappa shape index (κ3) is 7.59. The molecule has 1 unspecified atom stereocenters. The maximum absolute atomic E-state index is 11.4. The Kier molecular flexibility index (Phi) is 8.11. The summed E-state index contributed by atoms with van der Waals surface area (Å²) in [5.41, 5.74) is 5.45. The van der Waals surface area contributed by atoms with Crippen LogP contribution in [0, 0.1) is 0 Å². The average molecular weight is 246 g/mol. The molecule has 0 spiro atoms. The SMILES string of the molecule is CCCCOC(=O)CN(C)C(C)CC(N)=S. The Morgan fingerprint density at radius 3 is 2.69 bits per heavy atom. The Balaban J connectivity index is 3.80. The van der Waals surface area contributed by atoms with E-state index in [1.807, 2.05) is 18.9 Å². The van der Waals surface area contributed by atoms with E-state index in [-0.39, 0.29) is 18.6 Å². The van der Waals surface area contributed by atoms with Crippen LogP contribution in [0.2, 0.25) is 0 Å². The third-order valence-electron chi connectivity index (χ3n) is 2.39. The largest absolute Gasteiger partial charge is 0.465 e. The van der Waals surface area contributed by atoms with E-state index in [2.05, 4.69) is 6.92 Å². The molecule has 0 saturated carbocycles. The Morgan fingerprint density at radius 1 is 1.56 bits per heavy atom. The molecule has 0 rings (SSSR count). The molecule has 94 valence electrons. The fraction of sp³-hybridized carbons (Fsp3) is 0.818. The van der Waals surface area contributed by atoms with Crippen LogP contribution in [0.25, 0.3) is 0 Å². The number of unbranched alkanes of at least 4 members (excludes halogenated alkanes) is 1. The summed E-state index contributed by atoms with van der Waals surface area (Å²) >= 11 is 4.83. The quantitative estimate of drug-likeness (QED) is 0.398. The van der Waals surface area contributed by atoms with Crippen LogP contribution in [-0.2, 0) is 9.53 Å². The molecule has 0 aliphatic rings. The minimum absolute atomic E-state index is 0.163. The summed E-state index contributed by atoms with van der Waals surface area (Å²) in [6.07, 6.45) is 2.56. The average Bonchev–Trinajstić information content (AvgIpc) is 2.16. The molecule has 0 aromatic carbocycles. The fourth-order valence-electron chi connectivity index (χ4n) is 1.18. The minimum Gasteiger partial charge on any atom is -0.465 e. The van der Waals surface area contributed by atoms with Crippen LogP contribution in [-0.4, -0.2) is 42.1 Å². The van der Waals surface area contributed by atoms with Gasteiger partial charge in [-0.2, -0.15) is 0 Å². The zero-order valence-corrected chi connectivity index (χ0v) is 11.2. The van der Waals surface area contributed by atoms with Crippen molar-refractivity contribution < 1.29 is 9.53 Å². The van der Waals surface area contributed by atoms with Gasteiger partial charge in [0.25, 0.3) is 0 Å². The van der Waals surface area contributed by atoms with Crippen LogP contribution in [0.1, 0.15) is 33.1 Å². The van der Waals surface area contributed by atoms with Crippen LogP contribution < -0.4 is 5.73 Å². The lowest BCUT2D eigenvalue weighted by atomic mass is 10.2. The summed E-state index contributed by atoms with van der Waals surface area (Å²) < 4.78 is 5.06. The van der Waals surface area contributed by atoms with Gasteiger partial charge in [0, 0.05) is 12.5 Å². The first kappa shape index (κ1) is 15.3. The van der Waals surface area contributed by atoms with E-state index < -0.39 is 0 Å². The molecular weight excluding hydrogens is 224 g/mol. The monoisotopic (exact) mass is 246 g/mol. The highest BCUT2D eigenvalue weighted by Gasteiger charge is 2.14. The van der Waals surface area contributed by atoms with Crippen molar-refractivity contribution >= 4 is 23.2 Å². The van der Waals surface area contributed by atoms with Crippen LogP contribution in [0.15, 0.2) is 0 Å². The highest BCUT2D eigenvalue weighted by atomic mass is 32.1. The normalized spacial score (nSPS) is 12.5. The molecular formula is C11H22N2O2S. The maximum atomic E-state index is 11.4. The molecule has 16 heavy (non-hydrogen) atoms. The van der Waals surface area contributed by atoms with Gasteiger partial charge in [0.1, 0.15) is 0 Å². The second-order valence-electron chi connectivity index (χ2n) is 4.01. The summed E-state index contributed by atoms with van der Waals surface area (Å²) in [7, 11) is 1.87. The van der Waals surface area contributed by atoms with Crippen molar-refractivity contribution in [3.05, 3.63) is 0 Å². The molecule has 0 heterocycles. The molecule has 2 N–H and O–H groups in total. The van der Waals surface area contributed by atoms with E-state index in [1.165, 1.54) is 0 Å². The summed E-state index contributed by atoms with van der Waals surface area (Å²) in [5.74, 6) is -0.189. The summed E-state index contributed by atoms with van der Waals surface area (Å²) in [4.78, 5) is 13.8. The Bertz CT molecular complexity index is 234. The van der Waals surface area contributed by atoms with Gasteiger partial charge in [0.2, 0.25) is 0 Å². The smallest absolute Gasteiger partial charge is 0.320 e. The Hall–Kier alpha value is -0.680. The Morgan fingerprint density at radius 2 is 2.19 bits per heavy atom. The standard InChI is InChI=1S/C11H22N2O2S/c1-4-5-6-15-11(14)8-13(3)9(2)7-10(12)16/h9H,4-8H2,1-3H3,(H2,12,16). The van der Waals surface area contributed by atoms with Crippen molar-refractivity contribution in [2.24, 2.45) is 5.73 Å². The predicted octanol–water partition coefficient (Wildman–Crippen LogP) is 1.33. The van der Waals surface area contributed by atoms with E-state index in [0.29, 0.717) is 18.0 Å². The molecule has 5 heteroatoms. The van der Waals surface area contributed by atoms with Crippen molar-refractivity contribution in [1.29, 1.82) is 0 Å². The zero-order chi connectivity index (χ0) is 12.6. The van der Waals surface area contributed by atoms with E-state index in [4.69, 9.17) is 22.7 Å². The third-order valence-corrected chi connectivity index (χ3v) is 2.56. The lowest BCUT2D eigenvalue weighted by molar-refractivity contribution is -0.145. The number of hydrogen-bond acceptors (Lipinski definition) is 4. The maximum Gasteiger partial charge on any atom is 0.320 e. The van der Waals surface area contributed by atoms with Gasteiger partial charge in [0.15, 0.2) is 0 Å². The number of thiocarbonyl (C=S) groups is 1. The van der Waals surface area contributed by atoms with Crippen molar-refractivity contribution in [3.63, 3.8) is 0 Å². The van der Waals surface area contributed by atoms with Crippen molar-refractivity contribution in [2.45, 2.75) is 39.2 Å². The summed E-state index contributed by atoms with van der Waals surface area (Å²) in [6.45, 7) is 4.84. The van der Waals surface area contributed by atoms with E-state index >= 15 is 0 Å². The number of nitrogens with two attached hydrogens (primary N) is 1. The van der Waals surface area contributed by atoms with Crippen LogP contribution in [0.3, 0.4) is 0 Å². The second-order valence-corrected chi connectivity index (χ2v) is 4.53. The van der Waals surface area contributed by atoms with Crippen molar-refractivity contribution in [2.75, 3.05) is 20.2 Å². The first-order chi connectivity index (χ1) is 7.47. The van der Waals surface area contributed by atoms with Gasteiger partial charge in [-0.15, -0.1) is 0 Å². The van der Waals surface area contributed by atoms with Gasteiger partial charge >= 0.3 is 5.97 Å². The highest BCUT2D eigenvalue weighted by molar-refractivity contribution is 7.80. The topological polar surface area (TPSA) is 55.6 Å².